The van der Waals surface area contributed by atoms with Crippen molar-refractivity contribution in [2.24, 2.45) is 0 Å². The normalized spacial score (nSPS) is 28.1. The van der Waals surface area contributed by atoms with E-state index in [1.54, 1.807) is 4.67 Å². The van der Waals surface area contributed by atoms with Crippen LogP contribution in [0.15, 0.2) is 60.7 Å². The molecule has 0 N–H and O–H groups in total. The Bertz CT molecular complexity index is 893. The zero-order valence-corrected chi connectivity index (χ0v) is 17.8. The Morgan fingerprint density at radius 1 is 0.964 bits per heavy atom. The molecule has 0 radical (unpaired) electrons. The lowest BCUT2D eigenvalue weighted by molar-refractivity contribution is -0.123. The van der Waals surface area contributed by atoms with Crippen LogP contribution < -0.4 is 0 Å². The van der Waals surface area contributed by atoms with Crippen molar-refractivity contribution in [2.45, 2.75) is 57.7 Å². The quantitative estimate of drug-likeness (QED) is 0.582. The fraction of sp³-hybridized carbons (Fsp3) is 0.409. The summed E-state index contributed by atoms with van der Waals surface area (Å²) < 4.78 is 37.5. The average Bonchev–Trinajstić information content (AvgIpc) is 2.98. The van der Waals surface area contributed by atoms with Crippen LogP contribution in [0.1, 0.15) is 57.9 Å². The predicted octanol–water partition coefficient (Wildman–Crippen LogP) is 6.07. The number of Topliss-reactive ketones (excluding diaryl/α,β-unsaturated/α-hetero) is 1. The molecule has 2 aromatic carbocycles. The first-order valence-corrected chi connectivity index (χ1v) is 11.0. The molecule has 4 atom stereocenters. The van der Waals surface area contributed by atoms with Crippen molar-refractivity contribution in [1.82, 2.24) is 4.67 Å². The molecule has 1 aliphatic rings. The Labute approximate surface area is 166 Å². The average molecular weight is 403 g/mol. The monoisotopic (exact) mass is 403 g/mol. The number of alkyl halides is 1. The van der Waals surface area contributed by atoms with E-state index in [9.17, 15) is 9.36 Å². The molecule has 1 fully saturated rings. The Morgan fingerprint density at radius 2 is 1.43 bits per heavy atom. The molecular weight excluding hydrogens is 376 g/mol. The molecule has 0 aliphatic carbocycles. The van der Waals surface area contributed by atoms with Crippen molar-refractivity contribution in [3.8, 4) is 0 Å². The molecule has 1 heterocycles. The Morgan fingerprint density at radius 3 is 1.86 bits per heavy atom. The van der Waals surface area contributed by atoms with Gasteiger partial charge in [-0.3, -0.25) is 9.36 Å². The SMILES string of the molecule is CC(=O)[C@@](C)(F)[P@@]1(=O)O[C@H](c2ccccc2)[C@H](c2ccccc2)N1C(C)(C)C. The van der Waals surface area contributed by atoms with Crippen LogP contribution in [0, 0.1) is 0 Å². The first-order chi connectivity index (χ1) is 13.0. The number of hydrogen-bond donors (Lipinski definition) is 0. The molecule has 1 saturated heterocycles. The van der Waals surface area contributed by atoms with Gasteiger partial charge in [-0.05, 0) is 45.7 Å². The van der Waals surface area contributed by atoms with E-state index in [4.69, 9.17) is 4.52 Å². The van der Waals surface area contributed by atoms with E-state index < -0.39 is 36.4 Å². The van der Waals surface area contributed by atoms with Gasteiger partial charge in [0.2, 0.25) is 0 Å². The van der Waals surface area contributed by atoms with Gasteiger partial charge in [-0.15, -0.1) is 0 Å². The number of nitrogens with zero attached hydrogens (tertiary/aromatic N) is 1. The molecule has 0 aromatic heterocycles. The number of carbonyl (C=O) groups is 1. The van der Waals surface area contributed by atoms with Crippen LogP contribution in [-0.4, -0.2) is 21.4 Å². The highest BCUT2D eigenvalue weighted by Crippen LogP contribution is 2.76. The third-order valence-corrected chi connectivity index (χ3v) is 8.53. The lowest BCUT2D eigenvalue weighted by atomic mass is 9.93. The minimum Gasteiger partial charge on any atom is -0.305 e. The van der Waals surface area contributed by atoms with Crippen molar-refractivity contribution in [1.29, 1.82) is 0 Å². The van der Waals surface area contributed by atoms with Crippen LogP contribution in [0.3, 0.4) is 0 Å². The first-order valence-electron chi connectivity index (χ1n) is 9.38. The first kappa shape index (κ1) is 20.9. The summed E-state index contributed by atoms with van der Waals surface area (Å²) in [5.74, 6) is -0.800. The van der Waals surface area contributed by atoms with Gasteiger partial charge in [-0.2, -0.15) is 0 Å². The largest absolute Gasteiger partial charge is 0.318 e. The highest BCUT2D eigenvalue weighted by Gasteiger charge is 2.65. The van der Waals surface area contributed by atoms with Gasteiger partial charge in [0.1, 0.15) is 6.10 Å². The van der Waals surface area contributed by atoms with Crippen LogP contribution in [0.25, 0.3) is 0 Å². The van der Waals surface area contributed by atoms with Crippen LogP contribution >= 0.6 is 7.52 Å². The van der Waals surface area contributed by atoms with Gasteiger partial charge in [0, 0.05) is 5.54 Å². The summed E-state index contributed by atoms with van der Waals surface area (Å²) in [5, 5.41) is -2.61. The highest BCUT2D eigenvalue weighted by molar-refractivity contribution is 7.59. The molecule has 1 aliphatic heterocycles. The van der Waals surface area contributed by atoms with Gasteiger partial charge in [0.25, 0.3) is 5.41 Å². The summed E-state index contributed by atoms with van der Waals surface area (Å²) in [4.78, 5) is 12.2. The van der Waals surface area contributed by atoms with Gasteiger partial charge in [-0.1, -0.05) is 60.7 Å². The molecular formula is C22H27FNO3P. The summed E-state index contributed by atoms with van der Waals surface area (Å²) in [6.45, 7) is 7.79. The van der Waals surface area contributed by atoms with Crippen LogP contribution in [0.2, 0.25) is 0 Å². The van der Waals surface area contributed by atoms with Crippen molar-refractivity contribution < 1.29 is 18.3 Å². The van der Waals surface area contributed by atoms with Gasteiger partial charge in [0.05, 0.1) is 6.04 Å². The van der Waals surface area contributed by atoms with Crippen LogP contribution in [-0.2, 0) is 13.9 Å². The minimum atomic E-state index is -4.19. The fourth-order valence-corrected chi connectivity index (χ4v) is 6.74. The molecule has 28 heavy (non-hydrogen) atoms. The minimum absolute atomic E-state index is 0.496. The number of hydrogen-bond acceptors (Lipinski definition) is 3. The van der Waals surface area contributed by atoms with E-state index in [1.165, 1.54) is 0 Å². The summed E-state index contributed by atoms with van der Waals surface area (Å²) in [6.07, 6.45) is -0.664. The van der Waals surface area contributed by atoms with Gasteiger partial charge < -0.3 is 4.52 Å². The summed E-state index contributed by atoms with van der Waals surface area (Å²) in [6, 6.07) is 18.4. The van der Waals surface area contributed by atoms with Gasteiger partial charge >= 0.3 is 7.52 Å². The standard InChI is InChI=1S/C22H27FNO3P/c1-16(25)22(5,23)28(26)24(21(2,3)4)19(17-12-8-6-9-13-17)20(27-28)18-14-10-7-11-15-18/h6-15,19-20H,1-5H3/t19-,20+,22-,28+/m0/s1. The molecule has 3 rings (SSSR count). The van der Waals surface area contributed by atoms with Crippen LogP contribution in [0.5, 0.6) is 0 Å². The molecule has 4 nitrogen and oxygen atoms in total. The van der Waals surface area contributed by atoms with E-state index in [0.717, 1.165) is 25.0 Å². The maximum absolute atomic E-state index is 15.7. The van der Waals surface area contributed by atoms with Crippen LogP contribution in [0.4, 0.5) is 4.39 Å². The topological polar surface area (TPSA) is 46.6 Å². The maximum Gasteiger partial charge on any atom is 0.318 e. The van der Waals surface area contributed by atoms with Crippen molar-refractivity contribution >= 4 is 13.3 Å². The summed E-state index contributed by atoms with van der Waals surface area (Å²) in [7, 11) is -4.19. The second kappa shape index (κ2) is 7.22. The maximum atomic E-state index is 15.7. The number of ketones is 1. The molecule has 0 spiro atoms. The Balaban J connectivity index is 2.27. The third kappa shape index (κ3) is 3.36. The lowest BCUT2D eigenvalue weighted by Gasteiger charge is -2.42. The van der Waals surface area contributed by atoms with E-state index >= 15 is 4.39 Å². The Hall–Kier alpha value is -1.81. The number of benzene rings is 2. The molecule has 150 valence electrons. The fourth-order valence-electron chi connectivity index (χ4n) is 3.72. The second-order valence-corrected chi connectivity index (χ2v) is 10.9. The van der Waals surface area contributed by atoms with E-state index in [1.807, 2.05) is 81.4 Å². The van der Waals surface area contributed by atoms with Gasteiger partial charge in [-0.25, -0.2) is 9.06 Å². The smallest absolute Gasteiger partial charge is 0.305 e. The zero-order chi connectivity index (χ0) is 20.7. The van der Waals surface area contributed by atoms with Crippen molar-refractivity contribution in [3.63, 3.8) is 0 Å². The molecule has 0 bridgehead atoms. The van der Waals surface area contributed by atoms with E-state index in [-0.39, 0.29) is 0 Å². The molecule has 0 unspecified atom stereocenters. The van der Waals surface area contributed by atoms with Gasteiger partial charge in [0.15, 0.2) is 5.78 Å². The number of halogens is 1. The summed E-state index contributed by atoms with van der Waals surface area (Å²) in [5.41, 5.74) is 0.952. The lowest BCUT2D eigenvalue weighted by Crippen LogP contribution is -2.44. The second-order valence-electron chi connectivity index (χ2n) is 8.34. The molecule has 2 aromatic rings. The molecule has 6 heteroatoms. The zero-order valence-electron chi connectivity index (χ0n) is 16.9. The summed E-state index contributed by atoms with van der Waals surface area (Å²) >= 11 is 0. The highest BCUT2D eigenvalue weighted by atomic mass is 31.2. The number of carbonyl (C=O) groups excluding carboxylic acids is 1. The predicted molar refractivity (Wildman–Crippen MR) is 109 cm³/mol. The number of rotatable bonds is 4. The van der Waals surface area contributed by atoms with Crippen molar-refractivity contribution in [3.05, 3.63) is 71.8 Å². The van der Waals surface area contributed by atoms with E-state index in [0.29, 0.717) is 0 Å². The van der Waals surface area contributed by atoms with E-state index in [2.05, 4.69) is 0 Å². The molecule has 0 amide bonds. The Kier molecular flexibility index (Phi) is 5.39. The third-order valence-electron chi connectivity index (χ3n) is 5.22. The molecule has 0 saturated carbocycles. The van der Waals surface area contributed by atoms with Crippen molar-refractivity contribution in [2.75, 3.05) is 0 Å².